The molecule has 1 rings (SSSR count). The van der Waals surface area contributed by atoms with Crippen LogP contribution in [0.5, 0.6) is 5.75 Å². The van der Waals surface area contributed by atoms with Gasteiger partial charge in [-0.05, 0) is 37.9 Å². The van der Waals surface area contributed by atoms with Crippen molar-refractivity contribution in [1.82, 2.24) is 4.90 Å². The van der Waals surface area contributed by atoms with Crippen molar-refractivity contribution in [1.29, 1.82) is 0 Å². The van der Waals surface area contributed by atoms with Crippen molar-refractivity contribution < 1.29 is 5.11 Å². The molecule has 0 spiro atoms. The maximum absolute atomic E-state index is 9.09. The maximum atomic E-state index is 9.09. The average molecular weight is 150 g/mol. The molecule has 0 saturated carbocycles. The summed E-state index contributed by atoms with van der Waals surface area (Å²) in [7, 11) is 3.97. The third-order valence-corrected chi connectivity index (χ3v) is 1.33. The number of aromatic hydroxyl groups is 1. The van der Waals surface area contributed by atoms with E-state index in [-0.39, 0.29) is 0 Å². The Labute approximate surface area is 67.1 Å². The highest BCUT2D eigenvalue weighted by Gasteiger charge is 1.95. The molecule has 0 aliphatic heterocycles. The minimum absolute atomic E-state index is 0.306. The SMILES string of the molecule is CN(C)Cc1[c]ccc(O)c1. The summed E-state index contributed by atoms with van der Waals surface area (Å²) in [6.45, 7) is 0.814. The summed E-state index contributed by atoms with van der Waals surface area (Å²) in [5.41, 5.74) is 1.01. The van der Waals surface area contributed by atoms with Crippen LogP contribution in [0.15, 0.2) is 18.2 Å². The zero-order valence-corrected chi connectivity index (χ0v) is 6.83. The van der Waals surface area contributed by atoms with Gasteiger partial charge in [-0.1, -0.05) is 6.07 Å². The number of phenolic OH excluding ortho intramolecular Hbond substituents is 1. The molecule has 0 fully saturated rings. The number of hydrogen-bond acceptors (Lipinski definition) is 2. The van der Waals surface area contributed by atoms with Gasteiger partial charge in [0.05, 0.1) is 0 Å². The maximum Gasteiger partial charge on any atom is 0.115 e. The van der Waals surface area contributed by atoms with Crippen LogP contribution in [0.4, 0.5) is 0 Å². The lowest BCUT2D eigenvalue weighted by Gasteiger charge is -2.08. The number of benzene rings is 1. The van der Waals surface area contributed by atoms with Gasteiger partial charge in [-0.15, -0.1) is 0 Å². The summed E-state index contributed by atoms with van der Waals surface area (Å²) in [5.74, 6) is 0.306. The normalized spacial score (nSPS) is 10.5. The van der Waals surface area contributed by atoms with Gasteiger partial charge in [-0.2, -0.15) is 0 Å². The highest BCUT2D eigenvalue weighted by atomic mass is 16.3. The predicted octanol–water partition coefficient (Wildman–Crippen LogP) is 1.25. The first kappa shape index (κ1) is 8.08. The number of hydrogen-bond donors (Lipinski definition) is 1. The van der Waals surface area contributed by atoms with E-state index in [4.69, 9.17) is 5.11 Å². The van der Waals surface area contributed by atoms with E-state index in [9.17, 15) is 0 Å². The first-order valence-electron chi connectivity index (χ1n) is 3.53. The van der Waals surface area contributed by atoms with E-state index >= 15 is 0 Å². The van der Waals surface area contributed by atoms with Crippen molar-refractivity contribution in [3.05, 3.63) is 29.8 Å². The zero-order valence-electron chi connectivity index (χ0n) is 6.83. The summed E-state index contributed by atoms with van der Waals surface area (Å²) in [6.07, 6.45) is 0. The Balaban J connectivity index is 2.71. The van der Waals surface area contributed by atoms with Crippen LogP contribution in [0, 0.1) is 6.07 Å². The Morgan fingerprint density at radius 1 is 1.55 bits per heavy atom. The number of rotatable bonds is 2. The first-order chi connectivity index (χ1) is 5.18. The molecule has 0 amide bonds. The lowest BCUT2D eigenvalue weighted by atomic mass is 10.2. The molecule has 2 nitrogen and oxygen atoms in total. The molecule has 2 heteroatoms. The summed E-state index contributed by atoms with van der Waals surface area (Å²) in [5, 5.41) is 9.09. The van der Waals surface area contributed by atoms with Crippen LogP contribution in [0.3, 0.4) is 0 Å². The van der Waals surface area contributed by atoms with Crippen molar-refractivity contribution in [2.75, 3.05) is 14.1 Å². The minimum atomic E-state index is 0.306. The van der Waals surface area contributed by atoms with E-state index in [1.54, 1.807) is 18.2 Å². The Bertz CT molecular complexity index is 233. The smallest absolute Gasteiger partial charge is 0.115 e. The van der Waals surface area contributed by atoms with Crippen molar-refractivity contribution >= 4 is 0 Å². The van der Waals surface area contributed by atoms with Crippen LogP contribution in [0.25, 0.3) is 0 Å². The molecule has 1 radical (unpaired) electrons. The van der Waals surface area contributed by atoms with Gasteiger partial charge >= 0.3 is 0 Å². The van der Waals surface area contributed by atoms with Crippen molar-refractivity contribution in [3.63, 3.8) is 0 Å². The van der Waals surface area contributed by atoms with E-state index in [0.717, 1.165) is 12.1 Å². The summed E-state index contributed by atoms with van der Waals surface area (Å²) >= 11 is 0. The lowest BCUT2D eigenvalue weighted by molar-refractivity contribution is 0.400. The van der Waals surface area contributed by atoms with Crippen LogP contribution in [-0.4, -0.2) is 24.1 Å². The molecule has 0 atom stereocenters. The molecule has 0 bridgehead atoms. The van der Waals surface area contributed by atoms with Crippen LogP contribution in [-0.2, 0) is 6.54 Å². The molecule has 0 saturated heterocycles. The Hall–Kier alpha value is -1.02. The van der Waals surface area contributed by atoms with E-state index in [1.165, 1.54) is 0 Å². The molecule has 0 heterocycles. The van der Waals surface area contributed by atoms with Crippen molar-refractivity contribution in [3.8, 4) is 5.75 Å². The van der Waals surface area contributed by atoms with Crippen LogP contribution in [0.2, 0.25) is 0 Å². The Kier molecular flexibility index (Phi) is 2.49. The van der Waals surface area contributed by atoms with Gasteiger partial charge in [0.1, 0.15) is 5.75 Å². The fraction of sp³-hybridized carbons (Fsp3) is 0.333. The molecule has 0 aliphatic carbocycles. The predicted molar refractivity (Wildman–Crippen MR) is 44.3 cm³/mol. The third-order valence-electron chi connectivity index (χ3n) is 1.33. The van der Waals surface area contributed by atoms with Crippen molar-refractivity contribution in [2.45, 2.75) is 6.54 Å². The molecule has 59 valence electrons. The van der Waals surface area contributed by atoms with Gasteiger partial charge < -0.3 is 10.0 Å². The highest BCUT2D eigenvalue weighted by molar-refractivity contribution is 5.25. The third kappa shape index (κ3) is 2.60. The fourth-order valence-corrected chi connectivity index (χ4v) is 0.934. The molecule has 0 aromatic heterocycles. The molecule has 1 N–H and O–H groups in total. The lowest BCUT2D eigenvalue weighted by Crippen LogP contribution is -2.10. The van der Waals surface area contributed by atoms with E-state index < -0.39 is 0 Å². The van der Waals surface area contributed by atoms with Gasteiger partial charge in [0.15, 0.2) is 0 Å². The number of phenols is 1. The second kappa shape index (κ2) is 3.39. The number of nitrogens with zero attached hydrogens (tertiary/aromatic N) is 1. The highest BCUT2D eigenvalue weighted by Crippen LogP contribution is 2.10. The van der Waals surface area contributed by atoms with Crippen LogP contribution >= 0.6 is 0 Å². The second-order valence-electron chi connectivity index (χ2n) is 2.81. The summed E-state index contributed by atoms with van der Waals surface area (Å²) in [6, 6.07) is 8.12. The first-order valence-corrected chi connectivity index (χ1v) is 3.53. The minimum Gasteiger partial charge on any atom is -0.508 e. The van der Waals surface area contributed by atoms with Gasteiger partial charge in [0.25, 0.3) is 0 Å². The van der Waals surface area contributed by atoms with Gasteiger partial charge in [-0.3, -0.25) is 0 Å². The van der Waals surface area contributed by atoms with E-state index in [0.29, 0.717) is 5.75 Å². The summed E-state index contributed by atoms with van der Waals surface area (Å²) < 4.78 is 0. The van der Waals surface area contributed by atoms with Crippen LogP contribution < -0.4 is 0 Å². The second-order valence-corrected chi connectivity index (χ2v) is 2.81. The quantitative estimate of drug-likeness (QED) is 0.686. The molecule has 0 unspecified atom stereocenters. The zero-order chi connectivity index (χ0) is 8.27. The topological polar surface area (TPSA) is 23.5 Å². The fourth-order valence-electron chi connectivity index (χ4n) is 0.934. The van der Waals surface area contributed by atoms with Gasteiger partial charge in [-0.25, -0.2) is 0 Å². The summed E-state index contributed by atoms with van der Waals surface area (Å²) in [4.78, 5) is 2.03. The molecular formula is C9H12NO. The van der Waals surface area contributed by atoms with Crippen molar-refractivity contribution in [2.24, 2.45) is 0 Å². The largest absolute Gasteiger partial charge is 0.508 e. The van der Waals surface area contributed by atoms with Crippen LogP contribution in [0.1, 0.15) is 5.56 Å². The molecule has 1 aromatic rings. The molecule has 1 aromatic carbocycles. The average Bonchev–Trinajstić information content (AvgIpc) is 1.85. The van der Waals surface area contributed by atoms with Gasteiger partial charge in [0.2, 0.25) is 0 Å². The standard InChI is InChI=1S/C9H12NO/c1-10(2)7-8-4-3-5-9(11)6-8/h3,5-6,11H,7H2,1-2H3. The van der Waals surface area contributed by atoms with E-state index in [1.807, 2.05) is 19.0 Å². The van der Waals surface area contributed by atoms with Gasteiger partial charge in [0, 0.05) is 6.54 Å². The Morgan fingerprint density at radius 3 is 2.82 bits per heavy atom. The monoisotopic (exact) mass is 150 g/mol. The molecule has 0 aliphatic rings. The Morgan fingerprint density at radius 2 is 2.27 bits per heavy atom. The molecular weight excluding hydrogens is 138 g/mol. The van der Waals surface area contributed by atoms with E-state index in [2.05, 4.69) is 6.07 Å². The molecule has 11 heavy (non-hydrogen) atoms.